The first-order valence-electron chi connectivity index (χ1n) is 9.74. The number of nitrogens with one attached hydrogen (secondary N) is 1. The normalized spacial score (nSPS) is 13.5. The molecule has 4 rings (SSSR count). The van der Waals surface area contributed by atoms with Gasteiger partial charge in [-0.05, 0) is 30.5 Å². The number of ether oxygens (including phenoxy) is 1. The van der Waals surface area contributed by atoms with E-state index in [-0.39, 0.29) is 16.6 Å². The minimum absolute atomic E-state index is 0.0299. The van der Waals surface area contributed by atoms with Crippen LogP contribution in [0.1, 0.15) is 53.1 Å². The molecule has 154 valence electrons. The van der Waals surface area contributed by atoms with Crippen LogP contribution in [0.2, 0.25) is 0 Å². The second-order valence-electron chi connectivity index (χ2n) is 7.39. The van der Waals surface area contributed by atoms with E-state index in [1.165, 1.54) is 18.9 Å². The number of methoxy groups -OCH3 is 1. The summed E-state index contributed by atoms with van der Waals surface area (Å²) >= 11 is 1.45. The lowest BCUT2D eigenvalue weighted by Gasteiger charge is -2.19. The number of carbonyl (C=O) groups is 2. The SMILES string of the molecule is COC(=O)c1ccc(-c2c3c(nc4nc(SC(C)C)[nH]c(=O)c24)CCCC3=O)cc1. The number of hydrogen-bond donors (Lipinski definition) is 1. The average Bonchev–Trinajstić information content (AvgIpc) is 2.71. The third-order valence-corrected chi connectivity index (χ3v) is 5.83. The van der Waals surface area contributed by atoms with Crippen LogP contribution in [0.4, 0.5) is 0 Å². The van der Waals surface area contributed by atoms with Crippen molar-refractivity contribution >= 4 is 34.5 Å². The van der Waals surface area contributed by atoms with Crippen molar-refractivity contribution in [1.82, 2.24) is 15.0 Å². The van der Waals surface area contributed by atoms with E-state index in [4.69, 9.17) is 4.74 Å². The first kappa shape index (κ1) is 20.3. The van der Waals surface area contributed by atoms with E-state index in [9.17, 15) is 14.4 Å². The molecule has 0 bridgehead atoms. The highest BCUT2D eigenvalue weighted by Crippen LogP contribution is 2.35. The summed E-state index contributed by atoms with van der Waals surface area (Å²) in [4.78, 5) is 49.6. The number of aromatic amines is 1. The minimum atomic E-state index is -0.450. The van der Waals surface area contributed by atoms with Crippen LogP contribution < -0.4 is 5.56 Å². The zero-order valence-electron chi connectivity index (χ0n) is 16.9. The summed E-state index contributed by atoms with van der Waals surface area (Å²) in [6.07, 6.45) is 1.80. The van der Waals surface area contributed by atoms with Crippen LogP contribution in [0.3, 0.4) is 0 Å². The Balaban J connectivity index is 2.00. The van der Waals surface area contributed by atoms with Crippen LogP contribution in [0, 0.1) is 0 Å². The van der Waals surface area contributed by atoms with Gasteiger partial charge in [-0.15, -0.1) is 0 Å². The number of fused-ring (bicyclic) bond motifs is 2. The molecule has 1 N–H and O–H groups in total. The Bertz CT molecular complexity index is 1220. The molecule has 1 aliphatic carbocycles. The van der Waals surface area contributed by atoms with Gasteiger partial charge in [0.15, 0.2) is 16.6 Å². The van der Waals surface area contributed by atoms with Crippen molar-refractivity contribution in [2.75, 3.05) is 7.11 Å². The van der Waals surface area contributed by atoms with Gasteiger partial charge in [0.05, 0.1) is 23.8 Å². The third kappa shape index (κ3) is 3.63. The topological polar surface area (TPSA) is 102 Å². The predicted octanol–water partition coefficient (Wildman–Crippen LogP) is 3.79. The van der Waals surface area contributed by atoms with Crippen molar-refractivity contribution in [3.8, 4) is 11.1 Å². The summed E-state index contributed by atoms with van der Waals surface area (Å²) in [7, 11) is 1.32. The molecule has 2 aromatic heterocycles. The number of H-pyrrole nitrogens is 1. The van der Waals surface area contributed by atoms with Crippen LogP contribution in [-0.4, -0.2) is 39.1 Å². The van der Waals surface area contributed by atoms with Crippen molar-refractivity contribution in [1.29, 1.82) is 0 Å². The maximum absolute atomic E-state index is 13.1. The Hall–Kier alpha value is -3.00. The Kier molecular flexibility index (Phi) is 5.42. The van der Waals surface area contributed by atoms with E-state index in [2.05, 4.69) is 15.0 Å². The Morgan fingerprint density at radius 3 is 2.50 bits per heavy atom. The largest absolute Gasteiger partial charge is 0.465 e. The average molecular weight is 423 g/mol. The highest BCUT2D eigenvalue weighted by atomic mass is 32.2. The number of nitrogens with zero attached hydrogens (tertiary/aromatic N) is 2. The first-order valence-corrected chi connectivity index (χ1v) is 10.6. The highest BCUT2D eigenvalue weighted by molar-refractivity contribution is 7.99. The molecular formula is C22H21N3O4S. The van der Waals surface area contributed by atoms with Gasteiger partial charge in [0.2, 0.25) is 0 Å². The summed E-state index contributed by atoms with van der Waals surface area (Å²) < 4.78 is 4.75. The van der Waals surface area contributed by atoms with Gasteiger partial charge in [0, 0.05) is 22.8 Å². The van der Waals surface area contributed by atoms with Gasteiger partial charge in [-0.2, -0.15) is 0 Å². The summed E-state index contributed by atoms with van der Waals surface area (Å²) in [5.41, 5.74) is 2.75. The van der Waals surface area contributed by atoms with Crippen molar-refractivity contribution in [2.24, 2.45) is 0 Å². The summed E-state index contributed by atoms with van der Waals surface area (Å²) in [6.45, 7) is 4.03. The maximum atomic E-state index is 13.1. The van der Waals surface area contributed by atoms with Gasteiger partial charge in [-0.3, -0.25) is 9.59 Å². The number of aromatic nitrogens is 3. The highest BCUT2D eigenvalue weighted by Gasteiger charge is 2.27. The van der Waals surface area contributed by atoms with Crippen LogP contribution in [-0.2, 0) is 11.2 Å². The molecule has 7 nitrogen and oxygen atoms in total. The quantitative estimate of drug-likeness (QED) is 0.387. The number of carbonyl (C=O) groups excluding carboxylic acids is 2. The van der Waals surface area contributed by atoms with Gasteiger partial charge in [-0.25, -0.2) is 14.8 Å². The molecule has 1 aliphatic rings. The molecule has 0 radical (unpaired) electrons. The number of benzene rings is 1. The fourth-order valence-corrected chi connectivity index (χ4v) is 4.42. The van der Waals surface area contributed by atoms with E-state index in [1.807, 2.05) is 13.8 Å². The molecule has 1 aromatic carbocycles. The van der Waals surface area contributed by atoms with Crippen molar-refractivity contribution in [3.05, 3.63) is 51.4 Å². The van der Waals surface area contributed by atoms with Gasteiger partial charge >= 0.3 is 5.97 Å². The number of Topliss-reactive ketones (excluding diaryl/α,β-unsaturated/α-hetero) is 1. The maximum Gasteiger partial charge on any atom is 0.337 e. The van der Waals surface area contributed by atoms with Gasteiger partial charge in [0.25, 0.3) is 5.56 Å². The second kappa shape index (κ2) is 8.02. The van der Waals surface area contributed by atoms with Crippen LogP contribution in [0.5, 0.6) is 0 Å². The lowest BCUT2D eigenvalue weighted by Crippen LogP contribution is -2.19. The molecule has 0 atom stereocenters. The molecule has 8 heteroatoms. The van der Waals surface area contributed by atoms with Crippen LogP contribution in [0.25, 0.3) is 22.2 Å². The van der Waals surface area contributed by atoms with E-state index in [1.54, 1.807) is 24.3 Å². The molecule has 0 saturated heterocycles. The lowest BCUT2D eigenvalue weighted by atomic mass is 9.86. The molecular weight excluding hydrogens is 402 g/mol. The number of ketones is 1. The second-order valence-corrected chi connectivity index (χ2v) is 8.96. The fraction of sp³-hybridized carbons (Fsp3) is 0.318. The van der Waals surface area contributed by atoms with Crippen molar-refractivity contribution < 1.29 is 14.3 Å². The molecule has 0 fully saturated rings. The van der Waals surface area contributed by atoms with E-state index in [0.29, 0.717) is 57.0 Å². The molecule has 2 heterocycles. The van der Waals surface area contributed by atoms with Crippen LogP contribution in [0.15, 0.2) is 34.2 Å². The van der Waals surface area contributed by atoms with E-state index < -0.39 is 5.97 Å². The monoisotopic (exact) mass is 423 g/mol. The number of aryl methyl sites for hydroxylation is 1. The van der Waals surface area contributed by atoms with Crippen molar-refractivity contribution in [2.45, 2.75) is 43.5 Å². The van der Waals surface area contributed by atoms with Gasteiger partial charge in [0.1, 0.15) is 0 Å². The number of pyridine rings is 1. The summed E-state index contributed by atoms with van der Waals surface area (Å²) in [6, 6.07) is 6.69. The third-order valence-electron chi connectivity index (χ3n) is 4.95. The molecule has 0 amide bonds. The van der Waals surface area contributed by atoms with Gasteiger partial charge < -0.3 is 9.72 Å². The zero-order valence-corrected chi connectivity index (χ0v) is 17.8. The number of hydrogen-bond acceptors (Lipinski definition) is 7. The number of esters is 1. The fourth-order valence-electron chi connectivity index (χ4n) is 3.68. The summed E-state index contributed by atoms with van der Waals surface area (Å²) in [5.74, 6) is -0.480. The lowest BCUT2D eigenvalue weighted by molar-refractivity contribution is 0.0600. The minimum Gasteiger partial charge on any atom is -0.465 e. The number of rotatable bonds is 4. The zero-order chi connectivity index (χ0) is 21.4. The van der Waals surface area contributed by atoms with E-state index in [0.717, 1.165) is 6.42 Å². The molecule has 3 aromatic rings. The Morgan fingerprint density at radius 1 is 1.10 bits per heavy atom. The molecule has 0 aliphatic heterocycles. The molecule has 0 spiro atoms. The number of thioether (sulfide) groups is 1. The first-order chi connectivity index (χ1) is 14.4. The predicted molar refractivity (Wildman–Crippen MR) is 115 cm³/mol. The van der Waals surface area contributed by atoms with Crippen molar-refractivity contribution in [3.63, 3.8) is 0 Å². The smallest absolute Gasteiger partial charge is 0.337 e. The molecule has 30 heavy (non-hydrogen) atoms. The van der Waals surface area contributed by atoms with E-state index >= 15 is 0 Å². The van der Waals surface area contributed by atoms with Crippen LogP contribution >= 0.6 is 11.8 Å². The molecule has 0 unspecified atom stereocenters. The summed E-state index contributed by atoms with van der Waals surface area (Å²) in [5, 5.41) is 1.04. The standard InChI is InChI=1S/C22H21N3O4S/c1-11(2)30-22-24-19-18(20(27)25-22)16(17-14(23-19)5-4-6-15(17)26)12-7-9-13(10-8-12)21(28)29-3/h7-11H,4-6H2,1-3H3,(H,23,24,25,27). The molecule has 0 saturated carbocycles. The Morgan fingerprint density at radius 2 is 1.83 bits per heavy atom. The Labute approximate surface area is 177 Å². The van der Waals surface area contributed by atoms with Gasteiger partial charge in [-0.1, -0.05) is 37.7 Å².